The number of nitro groups is 1. The fourth-order valence-electron chi connectivity index (χ4n) is 2.93. The van der Waals surface area contributed by atoms with Crippen molar-refractivity contribution in [1.82, 2.24) is 0 Å². The molecule has 106 valence electrons. The largest absolute Gasteiger partial charge is 0.295 e. The maximum absolute atomic E-state index is 12.0. The summed E-state index contributed by atoms with van der Waals surface area (Å²) in [5, 5.41) is 11.5. The fraction of sp³-hybridized carbons (Fsp3) is 0.235. The van der Waals surface area contributed by atoms with Crippen LogP contribution >= 0.6 is 0 Å². The summed E-state index contributed by atoms with van der Waals surface area (Å²) in [6, 6.07) is 8.84. The van der Waals surface area contributed by atoms with Crippen molar-refractivity contribution in [3.05, 3.63) is 74.9 Å². The number of ketones is 1. The van der Waals surface area contributed by atoms with Crippen LogP contribution in [0, 0.1) is 10.1 Å². The molecule has 0 saturated carbocycles. The third-order valence-corrected chi connectivity index (χ3v) is 3.96. The van der Waals surface area contributed by atoms with Crippen LogP contribution in [0.1, 0.15) is 31.2 Å². The van der Waals surface area contributed by atoms with Crippen molar-refractivity contribution in [2.24, 2.45) is 0 Å². The average Bonchev–Trinajstić information content (AvgIpc) is 2.49. The lowest BCUT2D eigenvalue weighted by atomic mass is 9.82. The van der Waals surface area contributed by atoms with Crippen LogP contribution in [-0.4, -0.2) is 10.7 Å². The second kappa shape index (κ2) is 5.48. The van der Waals surface area contributed by atoms with E-state index in [1.807, 2.05) is 12.1 Å². The number of carbonyl (C=O) groups is 1. The lowest BCUT2D eigenvalue weighted by Crippen LogP contribution is -2.15. The Morgan fingerprint density at radius 2 is 1.86 bits per heavy atom. The molecule has 0 heterocycles. The van der Waals surface area contributed by atoms with Gasteiger partial charge in [-0.1, -0.05) is 30.4 Å². The van der Waals surface area contributed by atoms with Crippen LogP contribution in [0.5, 0.6) is 0 Å². The third-order valence-electron chi connectivity index (χ3n) is 3.96. The number of hydrogen-bond donors (Lipinski definition) is 0. The van der Waals surface area contributed by atoms with E-state index in [4.69, 9.17) is 0 Å². The minimum absolute atomic E-state index is 0.0942. The molecule has 21 heavy (non-hydrogen) atoms. The molecule has 2 aliphatic carbocycles. The Bertz CT molecular complexity index is 696. The molecule has 4 heteroatoms. The Kier molecular flexibility index (Phi) is 3.52. The molecule has 0 saturated heterocycles. The van der Waals surface area contributed by atoms with Gasteiger partial charge >= 0.3 is 0 Å². The minimum Gasteiger partial charge on any atom is -0.295 e. The molecule has 1 aromatic rings. The van der Waals surface area contributed by atoms with E-state index in [0.717, 1.165) is 24.0 Å². The van der Waals surface area contributed by atoms with Gasteiger partial charge in [0.1, 0.15) is 0 Å². The van der Waals surface area contributed by atoms with Crippen LogP contribution < -0.4 is 0 Å². The molecule has 0 N–H and O–H groups in total. The van der Waals surface area contributed by atoms with E-state index in [2.05, 4.69) is 0 Å². The zero-order chi connectivity index (χ0) is 14.8. The lowest BCUT2D eigenvalue weighted by Gasteiger charge is -2.21. The zero-order valence-corrected chi connectivity index (χ0v) is 11.5. The van der Waals surface area contributed by atoms with Crippen LogP contribution in [0.2, 0.25) is 0 Å². The second-order valence-corrected chi connectivity index (χ2v) is 5.29. The van der Waals surface area contributed by atoms with E-state index in [0.29, 0.717) is 24.0 Å². The van der Waals surface area contributed by atoms with Gasteiger partial charge in [0, 0.05) is 24.0 Å². The predicted octanol–water partition coefficient (Wildman–Crippen LogP) is 3.68. The fourth-order valence-corrected chi connectivity index (χ4v) is 2.93. The summed E-state index contributed by atoms with van der Waals surface area (Å²) in [6.45, 7) is 0. The van der Waals surface area contributed by atoms with E-state index in [1.54, 1.807) is 30.3 Å². The first kappa shape index (κ1) is 13.5. The number of Topliss-reactive ketones (excluding diaryl/α,β-unsaturated/α-hetero) is 1. The Balaban J connectivity index is 2.06. The summed E-state index contributed by atoms with van der Waals surface area (Å²) in [4.78, 5) is 23.1. The molecule has 1 aromatic carbocycles. The number of rotatable bonds is 2. The summed E-state index contributed by atoms with van der Waals surface area (Å²) < 4.78 is 0. The standard InChI is InChI=1S/C17H15NO3/c19-16-8-4-7-12-9-10-14(11-15(12)16)17(18(20)21)13-5-2-1-3-6-13/h1-3,5-6,9-10H,4,7-8,11H2. The summed E-state index contributed by atoms with van der Waals surface area (Å²) in [5.74, 6) is 0.133. The highest BCUT2D eigenvalue weighted by Crippen LogP contribution is 2.35. The van der Waals surface area contributed by atoms with E-state index >= 15 is 0 Å². The minimum atomic E-state index is -0.353. The molecule has 0 amide bonds. The van der Waals surface area contributed by atoms with Crippen molar-refractivity contribution in [2.45, 2.75) is 25.7 Å². The summed E-state index contributed by atoms with van der Waals surface area (Å²) in [7, 11) is 0. The predicted molar refractivity (Wildman–Crippen MR) is 80.0 cm³/mol. The van der Waals surface area contributed by atoms with Crippen molar-refractivity contribution in [1.29, 1.82) is 0 Å². The monoisotopic (exact) mass is 281 g/mol. The number of allylic oxidation sites excluding steroid dienone is 5. The molecule has 0 fully saturated rings. The first-order chi connectivity index (χ1) is 10.2. The van der Waals surface area contributed by atoms with Gasteiger partial charge in [0.2, 0.25) is 0 Å². The molecule has 0 atom stereocenters. The Hall–Kier alpha value is -2.49. The van der Waals surface area contributed by atoms with Gasteiger partial charge in [0.05, 0.1) is 10.5 Å². The van der Waals surface area contributed by atoms with Crippen molar-refractivity contribution in [2.75, 3.05) is 0 Å². The number of benzene rings is 1. The maximum atomic E-state index is 12.0. The molecule has 2 aliphatic rings. The van der Waals surface area contributed by atoms with E-state index in [1.165, 1.54) is 0 Å². The van der Waals surface area contributed by atoms with Gasteiger partial charge in [-0.3, -0.25) is 14.9 Å². The maximum Gasteiger partial charge on any atom is 0.280 e. The van der Waals surface area contributed by atoms with E-state index in [-0.39, 0.29) is 16.4 Å². The second-order valence-electron chi connectivity index (χ2n) is 5.29. The van der Waals surface area contributed by atoms with E-state index < -0.39 is 0 Å². The van der Waals surface area contributed by atoms with Crippen LogP contribution in [0.15, 0.2) is 59.2 Å². The van der Waals surface area contributed by atoms with Gasteiger partial charge in [-0.25, -0.2) is 0 Å². The smallest absolute Gasteiger partial charge is 0.280 e. The highest BCUT2D eigenvalue weighted by Gasteiger charge is 2.27. The number of hydrogen-bond acceptors (Lipinski definition) is 3. The molecular formula is C17H15NO3. The normalized spacial score (nSPS) is 20.3. The van der Waals surface area contributed by atoms with Gasteiger partial charge in [-0.2, -0.15) is 0 Å². The van der Waals surface area contributed by atoms with Gasteiger partial charge < -0.3 is 0 Å². The molecule has 4 nitrogen and oxygen atoms in total. The zero-order valence-electron chi connectivity index (χ0n) is 11.5. The molecule has 0 unspecified atom stereocenters. The van der Waals surface area contributed by atoms with Crippen LogP contribution in [0.3, 0.4) is 0 Å². The molecule has 0 aliphatic heterocycles. The highest BCUT2D eigenvalue weighted by atomic mass is 16.6. The Labute approximate surface area is 122 Å². The van der Waals surface area contributed by atoms with Gasteiger partial charge in [-0.05, 0) is 30.5 Å². The number of carbonyl (C=O) groups excluding carboxylic acids is 1. The highest BCUT2D eigenvalue weighted by molar-refractivity contribution is 5.98. The molecule has 0 bridgehead atoms. The third kappa shape index (κ3) is 2.57. The summed E-state index contributed by atoms with van der Waals surface area (Å²) in [5.41, 5.74) is 3.09. The molecule has 0 radical (unpaired) electrons. The summed E-state index contributed by atoms with van der Waals surface area (Å²) in [6.07, 6.45) is 6.36. The first-order valence-electron chi connectivity index (χ1n) is 7.03. The van der Waals surface area contributed by atoms with Crippen molar-refractivity contribution in [3.8, 4) is 0 Å². The first-order valence-corrected chi connectivity index (χ1v) is 7.03. The van der Waals surface area contributed by atoms with Gasteiger partial charge in [-0.15, -0.1) is 0 Å². The SMILES string of the molecule is O=C1CCCC2=C1CC(=C(c1ccccc1)[N+](=O)[O-])C=C2. The molecule has 0 aromatic heterocycles. The molecule has 3 rings (SSSR count). The van der Waals surface area contributed by atoms with Gasteiger partial charge in [0.15, 0.2) is 5.78 Å². The lowest BCUT2D eigenvalue weighted by molar-refractivity contribution is -0.376. The van der Waals surface area contributed by atoms with Crippen molar-refractivity contribution in [3.63, 3.8) is 0 Å². The average molecular weight is 281 g/mol. The van der Waals surface area contributed by atoms with Gasteiger partial charge in [0.25, 0.3) is 5.70 Å². The quantitative estimate of drug-likeness (QED) is 0.613. The summed E-state index contributed by atoms with van der Waals surface area (Å²) >= 11 is 0. The van der Waals surface area contributed by atoms with Crippen LogP contribution in [0.25, 0.3) is 5.70 Å². The molecular weight excluding hydrogens is 266 g/mol. The Morgan fingerprint density at radius 3 is 2.57 bits per heavy atom. The topological polar surface area (TPSA) is 60.2 Å². The van der Waals surface area contributed by atoms with Crippen molar-refractivity contribution < 1.29 is 9.72 Å². The Morgan fingerprint density at radius 1 is 1.10 bits per heavy atom. The number of nitrogens with zero attached hydrogens (tertiary/aromatic N) is 1. The van der Waals surface area contributed by atoms with E-state index in [9.17, 15) is 14.9 Å². The molecule has 0 spiro atoms. The van der Waals surface area contributed by atoms with Crippen LogP contribution in [0.4, 0.5) is 0 Å². The van der Waals surface area contributed by atoms with Crippen LogP contribution in [-0.2, 0) is 4.79 Å². The van der Waals surface area contributed by atoms with Crippen molar-refractivity contribution >= 4 is 11.5 Å².